The topological polar surface area (TPSA) is 6.48 Å². The van der Waals surface area contributed by atoms with Crippen LogP contribution in [0.1, 0.15) is 26.2 Å². The standard InChI is InChI=1S/C21H26N2S2/c1-15(17-8-6-7-13-22(17)2)23-18-9-4-5-10-20(18)25-21-12-11-16(24-3)14-19(21)23/h4-5,9-12,14-15,17H,6-8,13H2,1-3H3. The summed E-state index contributed by atoms with van der Waals surface area (Å²) in [7, 11) is 2.30. The number of likely N-dealkylation sites (tertiary alicyclic amines) is 1. The molecule has 2 aromatic carbocycles. The molecule has 2 aliphatic rings. The summed E-state index contributed by atoms with van der Waals surface area (Å²) < 4.78 is 0. The molecule has 0 aromatic heterocycles. The first kappa shape index (κ1) is 17.3. The first-order valence-electron chi connectivity index (χ1n) is 9.13. The number of piperidine rings is 1. The molecule has 0 bridgehead atoms. The normalized spacial score (nSPS) is 21.6. The molecule has 0 saturated carbocycles. The van der Waals surface area contributed by atoms with E-state index in [1.807, 2.05) is 23.5 Å². The fourth-order valence-corrected chi connectivity index (χ4v) is 5.70. The Balaban J connectivity index is 1.80. The van der Waals surface area contributed by atoms with Gasteiger partial charge < -0.3 is 9.80 Å². The quantitative estimate of drug-likeness (QED) is 0.622. The van der Waals surface area contributed by atoms with Crippen LogP contribution in [-0.2, 0) is 0 Å². The number of hydrogen-bond acceptors (Lipinski definition) is 4. The fourth-order valence-electron chi connectivity index (χ4n) is 4.21. The minimum atomic E-state index is 0.461. The molecular formula is C21H26N2S2. The molecule has 0 amide bonds. The number of nitrogens with zero attached hydrogens (tertiary/aromatic N) is 2. The highest BCUT2D eigenvalue weighted by Crippen LogP contribution is 2.50. The maximum atomic E-state index is 2.60. The molecule has 2 atom stereocenters. The Morgan fingerprint density at radius 2 is 1.88 bits per heavy atom. The number of fused-ring (bicyclic) bond motifs is 2. The van der Waals surface area contributed by atoms with Gasteiger partial charge >= 0.3 is 0 Å². The van der Waals surface area contributed by atoms with Crippen LogP contribution in [0.5, 0.6) is 0 Å². The number of rotatable bonds is 3. The van der Waals surface area contributed by atoms with E-state index in [1.54, 1.807) is 0 Å². The summed E-state index contributed by atoms with van der Waals surface area (Å²) in [5.41, 5.74) is 2.74. The van der Waals surface area contributed by atoms with Crippen molar-refractivity contribution >= 4 is 34.9 Å². The van der Waals surface area contributed by atoms with Crippen molar-refractivity contribution < 1.29 is 0 Å². The van der Waals surface area contributed by atoms with E-state index in [9.17, 15) is 0 Å². The largest absolute Gasteiger partial charge is 0.335 e. The molecule has 0 aliphatic carbocycles. The second kappa shape index (κ2) is 7.26. The number of anilines is 2. The smallest absolute Gasteiger partial charge is 0.0567 e. The zero-order valence-corrected chi connectivity index (χ0v) is 16.9. The Morgan fingerprint density at radius 3 is 2.68 bits per heavy atom. The van der Waals surface area contributed by atoms with Gasteiger partial charge in [-0.2, -0.15) is 0 Å². The molecule has 2 aliphatic heterocycles. The van der Waals surface area contributed by atoms with Crippen LogP contribution in [0.2, 0.25) is 0 Å². The molecule has 132 valence electrons. The van der Waals surface area contributed by atoms with Gasteiger partial charge in [0, 0.05) is 26.8 Å². The molecule has 0 radical (unpaired) electrons. The van der Waals surface area contributed by atoms with E-state index in [4.69, 9.17) is 0 Å². The van der Waals surface area contributed by atoms with Gasteiger partial charge in [-0.3, -0.25) is 0 Å². The molecule has 4 rings (SSSR count). The summed E-state index contributed by atoms with van der Waals surface area (Å²) in [6, 6.07) is 16.9. The maximum Gasteiger partial charge on any atom is 0.0567 e. The van der Waals surface area contributed by atoms with Crippen LogP contribution in [0, 0.1) is 0 Å². The van der Waals surface area contributed by atoms with E-state index in [1.165, 1.54) is 51.9 Å². The molecule has 2 aromatic rings. The molecule has 2 nitrogen and oxygen atoms in total. The predicted molar refractivity (Wildman–Crippen MR) is 111 cm³/mol. The number of hydrogen-bond donors (Lipinski definition) is 0. The van der Waals surface area contributed by atoms with Gasteiger partial charge in [-0.15, -0.1) is 11.8 Å². The Kier molecular flexibility index (Phi) is 5.03. The van der Waals surface area contributed by atoms with Gasteiger partial charge in [0.15, 0.2) is 0 Å². The van der Waals surface area contributed by atoms with Crippen LogP contribution in [0.4, 0.5) is 11.4 Å². The summed E-state index contributed by atoms with van der Waals surface area (Å²) in [5.74, 6) is 0. The van der Waals surface area contributed by atoms with Crippen LogP contribution in [0.15, 0.2) is 57.2 Å². The lowest BCUT2D eigenvalue weighted by atomic mass is 9.95. The maximum absolute atomic E-state index is 2.60. The van der Waals surface area contributed by atoms with E-state index in [0.29, 0.717) is 12.1 Å². The van der Waals surface area contributed by atoms with Crippen molar-refractivity contribution in [3.05, 3.63) is 42.5 Å². The van der Waals surface area contributed by atoms with Crippen LogP contribution < -0.4 is 4.90 Å². The highest BCUT2D eigenvalue weighted by molar-refractivity contribution is 8.00. The molecule has 1 saturated heterocycles. The minimum absolute atomic E-state index is 0.461. The van der Waals surface area contributed by atoms with Gasteiger partial charge in [-0.25, -0.2) is 0 Å². The molecule has 25 heavy (non-hydrogen) atoms. The molecule has 2 unspecified atom stereocenters. The highest BCUT2D eigenvalue weighted by atomic mass is 32.2. The van der Waals surface area contributed by atoms with Crippen molar-refractivity contribution in [3.63, 3.8) is 0 Å². The van der Waals surface area contributed by atoms with E-state index >= 15 is 0 Å². The second-order valence-electron chi connectivity index (χ2n) is 7.06. The van der Waals surface area contributed by atoms with Crippen molar-refractivity contribution in [2.45, 2.75) is 53.0 Å². The minimum Gasteiger partial charge on any atom is -0.335 e. The lowest BCUT2D eigenvalue weighted by Gasteiger charge is -2.45. The van der Waals surface area contributed by atoms with Gasteiger partial charge in [-0.05, 0) is 69.9 Å². The SMILES string of the molecule is CSc1ccc2c(c1)N(C(C)C1CCCCN1C)c1ccccc1S2. The van der Waals surface area contributed by atoms with Crippen molar-refractivity contribution in [2.75, 3.05) is 24.7 Å². The van der Waals surface area contributed by atoms with Gasteiger partial charge in [0.2, 0.25) is 0 Å². The lowest BCUT2D eigenvalue weighted by Crippen LogP contribution is -2.50. The van der Waals surface area contributed by atoms with E-state index in [0.717, 1.165) is 0 Å². The third-order valence-corrected chi connectivity index (χ3v) is 7.42. The van der Waals surface area contributed by atoms with Gasteiger partial charge in [-0.1, -0.05) is 30.3 Å². The molecule has 2 heterocycles. The third-order valence-electron chi connectivity index (χ3n) is 5.56. The number of thioether (sulfide) groups is 1. The number of likely N-dealkylation sites (N-methyl/N-ethyl adjacent to an activating group) is 1. The zero-order valence-electron chi connectivity index (χ0n) is 15.2. The highest BCUT2D eigenvalue weighted by Gasteiger charge is 2.34. The van der Waals surface area contributed by atoms with Crippen LogP contribution in [0.25, 0.3) is 0 Å². The monoisotopic (exact) mass is 370 g/mol. The average Bonchev–Trinajstić information content (AvgIpc) is 2.65. The molecular weight excluding hydrogens is 344 g/mol. The summed E-state index contributed by atoms with van der Waals surface area (Å²) in [5, 5.41) is 0. The lowest BCUT2D eigenvalue weighted by molar-refractivity contribution is 0.164. The molecule has 4 heteroatoms. The van der Waals surface area contributed by atoms with E-state index in [-0.39, 0.29) is 0 Å². The van der Waals surface area contributed by atoms with Crippen LogP contribution in [0.3, 0.4) is 0 Å². The third kappa shape index (κ3) is 3.20. The van der Waals surface area contributed by atoms with Crippen molar-refractivity contribution in [3.8, 4) is 0 Å². The fraction of sp³-hybridized carbons (Fsp3) is 0.429. The molecule has 0 N–H and O–H groups in total. The van der Waals surface area contributed by atoms with Crippen molar-refractivity contribution in [1.29, 1.82) is 0 Å². The first-order valence-corrected chi connectivity index (χ1v) is 11.2. The Bertz CT molecular complexity index is 761. The number of para-hydroxylation sites is 1. The predicted octanol–water partition coefficient (Wildman–Crippen LogP) is 5.88. The Labute approximate surface area is 160 Å². The van der Waals surface area contributed by atoms with Gasteiger partial charge in [0.05, 0.1) is 11.4 Å². The van der Waals surface area contributed by atoms with Crippen LogP contribution >= 0.6 is 23.5 Å². The summed E-state index contributed by atoms with van der Waals surface area (Å²) >= 11 is 3.73. The van der Waals surface area contributed by atoms with Gasteiger partial charge in [0.1, 0.15) is 0 Å². The van der Waals surface area contributed by atoms with Crippen LogP contribution in [-0.4, -0.2) is 36.8 Å². The summed E-state index contributed by atoms with van der Waals surface area (Å²) in [6.07, 6.45) is 6.13. The summed E-state index contributed by atoms with van der Waals surface area (Å²) in [6.45, 7) is 3.63. The Morgan fingerprint density at radius 1 is 1.08 bits per heavy atom. The average molecular weight is 371 g/mol. The van der Waals surface area contributed by atoms with Crippen molar-refractivity contribution in [1.82, 2.24) is 4.90 Å². The Hall–Kier alpha value is -1.10. The zero-order chi connectivity index (χ0) is 17.4. The van der Waals surface area contributed by atoms with E-state index < -0.39 is 0 Å². The second-order valence-corrected chi connectivity index (χ2v) is 9.02. The van der Waals surface area contributed by atoms with E-state index in [2.05, 4.69) is 72.5 Å². The number of benzene rings is 2. The first-order chi connectivity index (χ1) is 12.2. The molecule has 1 fully saturated rings. The van der Waals surface area contributed by atoms with Crippen molar-refractivity contribution in [2.24, 2.45) is 0 Å². The molecule has 0 spiro atoms. The summed E-state index contributed by atoms with van der Waals surface area (Å²) in [4.78, 5) is 9.26. The van der Waals surface area contributed by atoms with Gasteiger partial charge in [0.25, 0.3) is 0 Å².